The number of hydrogen-bond donors (Lipinski definition) is 2. The summed E-state index contributed by atoms with van der Waals surface area (Å²) >= 11 is 0. The first-order chi connectivity index (χ1) is 12.1. The van der Waals surface area contributed by atoms with E-state index in [-0.39, 0.29) is 5.75 Å². The number of aromatic hydroxyl groups is 1. The summed E-state index contributed by atoms with van der Waals surface area (Å²) in [6.45, 7) is 2.56. The van der Waals surface area contributed by atoms with Gasteiger partial charge in [0, 0.05) is 19.6 Å². The van der Waals surface area contributed by atoms with Gasteiger partial charge in [0.15, 0.2) is 11.6 Å². The van der Waals surface area contributed by atoms with Crippen LogP contribution in [0, 0.1) is 23.6 Å². The highest BCUT2D eigenvalue weighted by Crippen LogP contribution is 2.47. The molecule has 0 bridgehead atoms. The maximum Gasteiger partial charge on any atom is 0.165 e. The van der Waals surface area contributed by atoms with E-state index in [0.717, 1.165) is 31.3 Å². The highest BCUT2D eigenvalue weighted by molar-refractivity contribution is 5.29. The minimum atomic E-state index is -0.722. The Morgan fingerprint density at radius 3 is 2.68 bits per heavy atom. The van der Waals surface area contributed by atoms with E-state index in [4.69, 9.17) is 0 Å². The molecule has 4 atom stereocenters. The molecule has 2 fully saturated rings. The van der Waals surface area contributed by atoms with Crippen LogP contribution in [0.5, 0.6) is 5.75 Å². The van der Waals surface area contributed by atoms with Crippen molar-refractivity contribution in [2.75, 3.05) is 19.6 Å². The molecular formula is C21H24FNO2. The van der Waals surface area contributed by atoms with Crippen molar-refractivity contribution in [3.63, 3.8) is 0 Å². The summed E-state index contributed by atoms with van der Waals surface area (Å²) in [5, 5.41) is 19.7. The van der Waals surface area contributed by atoms with Crippen LogP contribution < -0.4 is 0 Å². The van der Waals surface area contributed by atoms with Gasteiger partial charge in [-0.15, -0.1) is 0 Å². The lowest BCUT2D eigenvalue weighted by atomic mass is 9.64. The van der Waals surface area contributed by atoms with Crippen molar-refractivity contribution in [2.45, 2.75) is 18.9 Å². The predicted octanol–water partition coefficient (Wildman–Crippen LogP) is 3.38. The lowest BCUT2D eigenvalue weighted by Gasteiger charge is -2.39. The van der Waals surface area contributed by atoms with Crippen LogP contribution in [-0.4, -0.2) is 34.7 Å². The molecular weight excluding hydrogens is 317 g/mol. The van der Waals surface area contributed by atoms with Gasteiger partial charge in [-0.05, 0) is 53.9 Å². The van der Waals surface area contributed by atoms with Crippen molar-refractivity contribution in [3.8, 4) is 5.75 Å². The molecule has 0 aromatic heterocycles. The normalized spacial score (nSPS) is 26.9. The second-order valence-corrected chi connectivity index (χ2v) is 7.55. The molecule has 1 heterocycles. The highest BCUT2D eigenvalue weighted by atomic mass is 19.1. The van der Waals surface area contributed by atoms with Crippen molar-refractivity contribution in [1.29, 1.82) is 0 Å². The summed E-state index contributed by atoms with van der Waals surface area (Å²) in [5.41, 5.74) is 1.93. The number of phenolic OH excluding ortho intramolecular Hbond substituents is 1. The Balaban J connectivity index is 1.33. The molecule has 2 aromatic carbocycles. The Hall–Kier alpha value is -1.91. The highest BCUT2D eigenvalue weighted by Gasteiger charge is 2.46. The largest absolute Gasteiger partial charge is 0.505 e. The molecule has 0 amide bonds. The van der Waals surface area contributed by atoms with Gasteiger partial charge < -0.3 is 10.2 Å². The summed E-state index contributed by atoms with van der Waals surface area (Å²) in [5.74, 6) is 1.13. The number of β-amino-alcohol motifs (C(OH)–C–C–N with tert-alkyl or cyclic N) is 1. The fourth-order valence-electron chi connectivity index (χ4n) is 4.52. The van der Waals surface area contributed by atoms with Crippen LogP contribution >= 0.6 is 0 Å². The van der Waals surface area contributed by atoms with Gasteiger partial charge in [0.25, 0.3) is 0 Å². The zero-order valence-corrected chi connectivity index (χ0v) is 14.2. The van der Waals surface area contributed by atoms with Crippen LogP contribution in [0.2, 0.25) is 0 Å². The molecule has 0 spiro atoms. The first-order valence-corrected chi connectivity index (χ1v) is 9.03. The van der Waals surface area contributed by atoms with Gasteiger partial charge in [-0.25, -0.2) is 4.39 Å². The van der Waals surface area contributed by atoms with Crippen molar-refractivity contribution >= 4 is 0 Å². The summed E-state index contributed by atoms with van der Waals surface area (Å²) < 4.78 is 13.5. The van der Waals surface area contributed by atoms with E-state index in [9.17, 15) is 14.6 Å². The molecule has 1 saturated heterocycles. The molecule has 2 N–H and O–H groups in total. The number of rotatable bonds is 5. The Labute approximate surface area is 147 Å². The van der Waals surface area contributed by atoms with Crippen molar-refractivity contribution in [2.24, 2.45) is 17.8 Å². The van der Waals surface area contributed by atoms with Gasteiger partial charge in [-0.2, -0.15) is 0 Å². The number of aliphatic hydroxyl groups excluding tert-OH is 1. The summed E-state index contributed by atoms with van der Waals surface area (Å²) in [6, 6.07) is 14.8. The minimum Gasteiger partial charge on any atom is -0.505 e. The molecule has 132 valence electrons. The molecule has 0 radical (unpaired) electrons. The first-order valence-electron chi connectivity index (χ1n) is 9.03. The second-order valence-electron chi connectivity index (χ2n) is 7.55. The number of hydrogen-bond acceptors (Lipinski definition) is 3. The van der Waals surface area contributed by atoms with Crippen LogP contribution in [0.1, 0.15) is 23.7 Å². The van der Waals surface area contributed by atoms with Crippen LogP contribution in [0.25, 0.3) is 0 Å². The third-order valence-corrected chi connectivity index (χ3v) is 5.91. The van der Waals surface area contributed by atoms with Crippen molar-refractivity contribution in [3.05, 3.63) is 65.5 Å². The number of fused-ring (bicyclic) bond motifs is 1. The average Bonchev–Trinajstić information content (AvgIpc) is 2.92. The maximum absolute atomic E-state index is 13.5. The molecule has 2 aromatic rings. The minimum absolute atomic E-state index is 0.376. The second kappa shape index (κ2) is 6.77. The molecule has 2 aliphatic rings. The summed E-state index contributed by atoms with van der Waals surface area (Å²) in [7, 11) is 0. The first kappa shape index (κ1) is 16.6. The van der Waals surface area contributed by atoms with Gasteiger partial charge in [0.05, 0.1) is 6.10 Å². The third kappa shape index (κ3) is 3.42. The van der Waals surface area contributed by atoms with E-state index in [0.29, 0.717) is 18.0 Å². The molecule has 3 nitrogen and oxygen atoms in total. The lowest BCUT2D eigenvalue weighted by molar-refractivity contribution is 0.118. The Kier molecular flexibility index (Phi) is 4.48. The van der Waals surface area contributed by atoms with Crippen LogP contribution in [0.4, 0.5) is 4.39 Å². The molecule has 25 heavy (non-hydrogen) atoms. The lowest BCUT2D eigenvalue weighted by Crippen LogP contribution is -2.36. The predicted molar refractivity (Wildman–Crippen MR) is 94.7 cm³/mol. The smallest absolute Gasteiger partial charge is 0.165 e. The van der Waals surface area contributed by atoms with E-state index >= 15 is 0 Å². The van der Waals surface area contributed by atoms with E-state index in [1.54, 1.807) is 6.07 Å². The number of halogens is 1. The van der Waals surface area contributed by atoms with Crippen LogP contribution in [0.3, 0.4) is 0 Å². The van der Waals surface area contributed by atoms with Crippen molar-refractivity contribution < 1.29 is 14.6 Å². The fraction of sp³-hybridized carbons (Fsp3) is 0.429. The summed E-state index contributed by atoms with van der Waals surface area (Å²) in [6.07, 6.45) is 1.68. The summed E-state index contributed by atoms with van der Waals surface area (Å²) in [4.78, 5) is 2.30. The third-order valence-electron chi connectivity index (χ3n) is 5.91. The molecule has 1 saturated carbocycles. The van der Waals surface area contributed by atoms with Crippen LogP contribution in [0.15, 0.2) is 48.5 Å². The fourth-order valence-corrected chi connectivity index (χ4v) is 4.52. The van der Waals surface area contributed by atoms with Crippen LogP contribution in [-0.2, 0) is 6.42 Å². The monoisotopic (exact) mass is 341 g/mol. The van der Waals surface area contributed by atoms with Gasteiger partial charge >= 0.3 is 0 Å². The van der Waals surface area contributed by atoms with E-state index in [1.165, 1.54) is 24.1 Å². The molecule has 1 aliphatic heterocycles. The Morgan fingerprint density at radius 2 is 1.92 bits per heavy atom. The Morgan fingerprint density at radius 1 is 1.12 bits per heavy atom. The molecule has 4 heteroatoms. The Bertz CT molecular complexity index is 736. The number of nitrogens with zero attached hydrogens (tertiary/aromatic N) is 1. The quantitative estimate of drug-likeness (QED) is 0.876. The van der Waals surface area contributed by atoms with E-state index < -0.39 is 11.9 Å². The standard InChI is InChI=1S/C21H24FNO2/c22-19-10-15(6-7-20(19)24)21(25)13-23-11-17-9-16(18(17)12-23)8-14-4-2-1-3-5-14/h1-7,10,16-18,21,24-25H,8-9,11-13H2/t16-,17+,18+,21?/m0/s1. The van der Waals surface area contributed by atoms with Gasteiger partial charge in [-0.3, -0.25) is 4.90 Å². The van der Waals surface area contributed by atoms with Gasteiger partial charge in [-0.1, -0.05) is 36.4 Å². The number of benzene rings is 2. The zero-order chi connectivity index (χ0) is 17.4. The molecule has 4 rings (SSSR count). The van der Waals surface area contributed by atoms with E-state index in [2.05, 4.69) is 35.2 Å². The average molecular weight is 341 g/mol. The van der Waals surface area contributed by atoms with Gasteiger partial charge in [0.2, 0.25) is 0 Å². The van der Waals surface area contributed by atoms with E-state index in [1.807, 2.05) is 0 Å². The van der Waals surface area contributed by atoms with Gasteiger partial charge in [0.1, 0.15) is 0 Å². The van der Waals surface area contributed by atoms with Crippen molar-refractivity contribution in [1.82, 2.24) is 4.90 Å². The number of aliphatic hydroxyl groups is 1. The molecule has 1 aliphatic carbocycles. The SMILES string of the molecule is Oc1ccc(C(O)CN2C[C@H]3C[C@H](Cc4ccccc4)[C@H]3C2)cc1F. The topological polar surface area (TPSA) is 43.7 Å². The maximum atomic E-state index is 13.5. The number of phenols is 1. The zero-order valence-electron chi connectivity index (χ0n) is 14.2. The molecule has 1 unspecified atom stereocenters. The number of likely N-dealkylation sites (tertiary alicyclic amines) is 1.